The number of carbonyl (C=O) groups excluding carboxylic acids is 1. The van der Waals surface area contributed by atoms with Gasteiger partial charge >= 0.3 is 0 Å². The van der Waals surface area contributed by atoms with Gasteiger partial charge in [0.2, 0.25) is 0 Å². The van der Waals surface area contributed by atoms with E-state index in [0.29, 0.717) is 18.9 Å². The van der Waals surface area contributed by atoms with Crippen LogP contribution in [-0.2, 0) is 4.79 Å². The van der Waals surface area contributed by atoms with Crippen molar-refractivity contribution < 1.29 is 14.3 Å². The summed E-state index contributed by atoms with van der Waals surface area (Å²) in [6.45, 7) is 6.70. The van der Waals surface area contributed by atoms with Gasteiger partial charge in [-0.15, -0.1) is 0 Å². The summed E-state index contributed by atoms with van der Waals surface area (Å²) < 4.78 is 11.2. The highest BCUT2D eigenvalue weighted by Gasteiger charge is 2.13. The van der Waals surface area contributed by atoms with E-state index in [4.69, 9.17) is 9.47 Å². The molecule has 23 heavy (non-hydrogen) atoms. The minimum Gasteiger partial charge on any atom is -0.492 e. The summed E-state index contributed by atoms with van der Waals surface area (Å²) in [5.74, 6) is 1.34. The largest absolute Gasteiger partial charge is 0.492 e. The maximum Gasteiger partial charge on any atom is 0.260 e. The fourth-order valence-corrected chi connectivity index (χ4v) is 2.05. The summed E-state index contributed by atoms with van der Waals surface area (Å²) in [7, 11) is 0. The molecule has 1 atom stereocenters. The van der Waals surface area contributed by atoms with Crippen LogP contribution in [0.4, 0.5) is 0 Å². The highest BCUT2D eigenvalue weighted by molar-refractivity contribution is 5.80. The molecule has 4 nitrogen and oxygen atoms in total. The first-order chi connectivity index (χ1) is 11.1. The highest BCUT2D eigenvalue weighted by Crippen LogP contribution is 2.16. The van der Waals surface area contributed by atoms with E-state index in [2.05, 4.69) is 12.2 Å². The molecule has 0 aromatic heterocycles. The highest BCUT2D eigenvalue weighted by atomic mass is 16.5. The van der Waals surface area contributed by atoms with Gasteiger partial charge in [0.15, 0.2) is 6.10 Å². The lowest BCUT2D eigenvalue weighted by Gasteiger charge is -2.15. The Morgan fingerprint density at radius 1 is 1.04 bits per heavy atom. The van der Waals surface area contributed by atoms with Gasteiger partial charge in [-0.3, -0.25) is 4.79 Å². The maximum absolute atomic E-state index is 12.0. The van der Waals surface area contributed by atoms with Crippen LogP contribution < -0.4 is 14.8 Å². The first-order valence-corrected chi connectivity index (χ1v) is 7.76. The molecule has 0 aliphatic rings. The number of hydrogen-bond acceptors (Lipinski definition) is 3. The first-order valence-electron chi connectivity index (χ1n) is 7.76. The molecule has 0 heterocycles. The second-order valence-electron chi connectivity index (χ2n) is 5.46. The van der Waals surface area contributed by atoms with Crippen molar-refractivity contribution >= 4 is 5.91 Å². The Morgan fingerprint density at radius 3 is 2.48 bits per heavy atom. The Morgan fingerprint density at radius 2 is 1.78 bits per heavy atom. The smallest absolute Gasteiger partial charge is 0.260 e. The van der Waals surface area contributed by atoms with E-state index in [1.54, 1.807) is 6.92 Å². The van der Waals surface area contributed by atoms with Crippen molar-refractivity contribution in [3.8, 4) is 11.5 Å². The molecule has 0 aliphatic carbocycles. The molecule has 1 unspecified atom stereocenters. The summed E-state index contributed by atoms with van der Waals surface area (Å²) >= 11 is 0. The van der Waals surface area contributed by atoms with Crippen molar-refractivity contribution in [2.45, 2.75) is 26.9 Å². The van der Waals surface area contributed by atoms with Crippen molar-refractivity contribution in [1.82, 2.24) is 5.32 Å². The van der Waals surface area contributed by atoms with E-state index in [9.17, 15) is 4.79 Å². The minimum absolute atomic E-state index is 0.155. The van der Waals surface area contributed by atoms with Gasteiger partial charge in [0, 0.05) is 0 Å². The third kappa shape index (κ3) is 5.33. The molecule has 0 radical (unpaired) electrons. The topological polar surface area (TPSA) is 47.6 Å². The fourth-order valence-electron chi connectivity index (χ4n) is 2.05. The van der Waals surface area contributed by atoms with Gasteiger partial charge < -0.3 is 14.8 Å². The molecule has 0 saturated heterocycles. The third-order valence-electron chi connectivity index (χ3n) is 3.57. The molecular weight excluding hydrogens is 290 g/mol. The lowest BCUT2D eigenvalue weighted by molar-refractivity contribution is -0.127. The van der Waals surface area contributed by atoms with E-state index in [0.717, 1.165) is 5.75 Å². The summed E-state index contributed by atoms with van der Waals surface area (Å²) in [5.41, 5.74) is 2.42. The van der Waals surface area contributed by atoms with E-state index in [1.807, 2.05) is 55.5 Å². The van der Waals surface area contributed by atoms with Crippen LogP contribution in [0.3, 0.4) is 0 Å². The zero-order valence-corrected chi connectivity index (χ0v) is 13.8. The van der Waals surface area contributed by atoms with Gasteiger partial charge in [0.25, 0.3) is 5.91 Å². The zero-order valence-electron chi connectivity index (χ0n) is 13.8. The number of carbonyl (C=O) groups is 1. The quantitative estimate of drug-likeness (QED) is 0.798. The molecule has 2 rings (SSSR count). The molecule has 2 aromatic carbocycles. The molecule has 0 spiro atoms. The Hall–Kier alpha value is -2.49. The average Bonchev–Trinajstić information content (AvgIpc) is 2.55. The Labute approximate surface area is 137 Å². The van der Waals surface area contributed by atoms with Gasteiger partial charge in [-0.2, -0.15) is 0 Å². The van der Waals surface area contributed by atoms with Crippen LogP contribution in [0.25, 0.3) is 0 Å². The maximum atomic E-state index is 12.0. The van der Waals surface area contributed by atoms with Gasteiger partial charge in [0.05, 0.1) is 6.54 Å². The number of nitrogens with one attached hydrogen (secondary N) is 1. The van der Waals surface area contributed by atoms with Crippen LogP contribution in [0.1, 0.15) is 18.1 Å². The fraction of sp³-hybridized carbons (Fsp3) is 0.316. The van der Waals surface area contributed by atoms with Crippen molar-refractivity contribution in [3.05, 3.63) is 59.7 Å². The normalized spacial score (nSPS) is 11.6. The van der Waals surface area contributed by atoms with Crippen molar-refractivity contribution in [2.75, 3.05) is 13.2 Å². The number of hydrogen-bond donors (Lipinski definition) is 1. The Bertz CT molecular complexity index is 640. The molecule has 2 aromatic rings. The zero-order chi connectivity index (χ0) is 16.7. The molecule has 0 saturated carbocycles. The van der Waals surface area contributed by atoms with Crippen molar-refractivity contribution in [2.24, 2.45) is 0 Å². The number of benzene rings is 2. The van der Waals surface area contributed by atoms with E-state index < -0.39 is 6.10 Å². The van der Waals surface area contributed by atoms with Crippen LogP contribution in [0, 0.1) is 13.8 Å². The van der Waals surface area contributed by atoms with Crippen LogP contribution in [0.5, 0.6) is 11.5 Å². The van der Waals surface area contributed by atoms with Crippen molar-refractivity contribution in [3.63, 3.8) is 0 Å². The second kappa shape index (κ2) is 8.22. The number of rotatable bonds is 7. The molecule has 1 N–H and O–H groups in total. The summed E-state index contributed by atoms with van der Waals surface area (Å²) in [5, 5.41) is 2.81. The van der Waals surface area contributed by atoms with E-state index in [-0.39, 0.29) is 5.91 Å². The molecule has 122 valence electrons. The Kier molecular flexibility index (Phi) is 6.03. The molecule has 0 fully saturated rings. The predicted octanol–water partition coefficient (Wildman–Crippen LogP) is 3.27. The van der Waals surface area contributed by atoms with Crippen LogP contribution in [-0.4, -0.2) is 25.2 Å². The second-order valence-corrected chi connectivity index (χ2v) is 5.46. The molecule has 4 heteroatoms. The van der Waals surface area contributed by atoms with Crippen LogP contribution in [0.15, 0.2) is 48.5 Å². The number of amides is 1. The first kappa shape index (κ1) is 16.9. The number of ether oxygens (including phenoxy) is 2. The van der Waals surface area contributed by atoms with Gasteiger partial charge in [0.1, 0.15) is 18.1 Å². The van der Waals surface area contributed by atoms with E-state index in [1.165, 1.54) is 11.1 Å². The van der Waals surface area contributed by atoms with Crippen LogP contribution in [0.2, 0.25) is 0 Å². The summed E-state index contributed by atoms with van der Waals surface area (Å²) in [6, 6.07) is 15.3. The monoisotopic (exact) mass is 313 g/mol. The van der Waals surface area contributed by atoms with E-state index >= 15 is 0 Å². The summed E-state index contributed by atoms with van der Waals surface area (Å²) in [6.07, 6.45) is -0.543. The van der Waals surface area contributed by atoms with Gasteiger partial charge in [-0.25, -0.2) is 0 Å². The summed E-state index contributed by atoms with van der Waals surface area (Å²) in [4.78, 5) is 12.0. The lowest BCUT2D eigenvalue weighted by Crippen LogP contribution is -2.38. The SMILES string of the molecule is Cc1ccc(OCCNC(=O)C(C)Oc2ccccc2)cc1C. The minimum atomic E-state index is -0.543. The molecule has 1 amide bonds. The molecule has 0 aliphatic heterocycles. The molecule has 0 bridgehead atoms. The lowest BCUT2D eigenvalue weighted by atomic mass is 10.1. The van der Waals surface area contributed by atoms with Crippen molar-refractivity contribution in [1.29, 1.82) is 0 Å². The third-order valence-corrected chi connectivity index (χ3v) is 3.57. The van der Waals surface area contributed by atoms with Gasteiger partial charge in [-0.1, -0.05) is 24.3 Å². The average molecular weight is 313 g/mol. The van der Waals surface area contributed by atoms with Gasteiger partial charge in [-0.05, 0) is 56.2 Å². The Balaban J connectivity index is 1.71. The number of aryl methyl sites for hydroxylation is 2. The standard InChI is InChI=1S/C19H23NO3/c1-14-9-10-18(13-15(14)2)22-12-11-20-19(21)16(3)23-17-7-5-4-6-8-17/h4-10,13,16H,11-12H2,1-3H3,(H,20,21). The molecular formula is C19H23NO3. The number of para-hydroxylation sites is 1. The predicted molar refractivity (Wildman–Crippen MR) is 91.0 cm³/mol. The van der Waals surface area contributed by atoms with Crippen LogP contribution >= 0.6 is 0 Å².